The lowest BCUT2D eigenvalue weighted by Crippen LogP contribution is -2.17. The Morgan fingerprint density at radius 2 is 1.63 bits per heavy atom. The maximum absolute atomic E-state index is 13.4. The van der Waals surface area contributed by atoms with Crippen LogP contribution in [0.3, 0.4) is 0 Å². The Hall–Kier alpha value is -3.68. The van der Waals surface area contributed by atoms with Gasteiger partial charge in [0.1, 0.15) is 11.6 Å². The van der Waals surface area contributed by atoms with Crippen molar-refractivity contribution >= 4 is 10.8 Å². The van der Waals surface area contributed by atoms with E-state index in [0.29, 0.717) is 33.2 Å². The third-order valence-electron chi connectivity index (χ3n) is 4.58. The van der Waals surface area contributed by atoms with Crippen molar-refractivity contribution in [2.45, 2.75) is 13.3 Å². The smallest absolute Gasteiger partial charge is 0.406 e. The van der Waals surface area contributed by atoms with E-state index in [4.69, 9.17) is 0 Å². The first-order valence-corrected chi connectivity index (χ1v) is 8.86. The van der Waals surface area contributed by atoms with Crippen LogP contribution in [0.2, 0.25) is 0 Å². The molecule has 0 fully saturated rings. The quantitative estimate of drug-likeness (QED) is 0.444. The number of halogens is 4. The number of hydrogen-bond acceptors (Lipinski definition) is 3. The van der Waals surface area contributed by atoms with E-state index in [9.17, 15) is 22.4 Å². The van der Waals surface area contributed by atoms with Crippen molar-refractivity contribution in [1.82, 2.24) is 10.2 Å². The second-order valence-electron chi connectivity index (χ2n) is 6.71. The highest BCUT2D eigenvalue weighted by molar-refractivity contribution is 5.98. The SMILES string of the molecule is Cc1ccc2c(-c3ccc(OC(F)(F)F)cc3-c3ccc(F)cc3)n[nH]c(=O)c2c1. The van der Waals surface area contributed by atoms with E-state index in [1.54, 1.807) is 12.1 Å². The van der Waals surface area contributed by atoms with Crippen LogP contribution in [-0.2, 0) is 0 Å². The van der Waals surface area contributed by atoms with E-state index in [1.165, 1.54) is 42.5 Å². The van der Waals surface area contributed by atoms with E-state index in [2.05, 4.69) is 14.9 Å². The molecule has 0 aliphatic rings. The summed E-state index contributed by atoms with van der Waals surface area (Å²) in [6, 6.07) is 14.4. The summed E-state index contributed by atoms with van der Waals surface area (Å²) >= 11 is 0. The zero-order valence-corrected chi connectivity index (χ0v) is 15.5. The Kier molecular flexibility index (Phi) is 4.77. The number of H-pyrrole nitrogens is 1. The van der Waals surface area contributed by atoms with Gasteiger partial charge in [0.15, 0.2) is 0 Å². The fourth-order valence-electron chi connectivity index (χ4n) is 3.28. The van der Waals surface area contributed by atoms with Crippen molar-refractivity contribution in [3.63, 3.8) is 0 Å². The van der Waals surface area contributed by atoms with Gasteiger partial charge in [0.2, 0.25) is 0 Å². The van der Waals surface area contributed by atoms with E-state index in [-0.39, 0.29) is 5.56 Å². The molecule has 1 heterocycles. The van der Waals surface area contributed by atoms with E-state index < -0.39 is 17.9 Å². The summed E-state index contributed by atoms with van der Waals surface area (Å²) in [7, 11) is 0. The van der Waals surface area contributed by atoms with Crippen LogP contribution >= 0.6 is 0 Å². The molecule has 4 rings (SSSR count). The molecule has 0 saturated heterocycles. The lowest BCUT2D eigenvalue weighted by molar-refractivity contribution is -0.274. The Morgan fingerprint density at radius 3 is 2.33 bits per heavy atom. The summed E-state index contributed by atoms with van der Waals surface area (Å²) < 4.78 is 55.6. The van der Waals surface area contributed by atoms with Crippen molar-refractivity contribution in [1.29, 1.82) is 0 Å². The number of nitrogens with zero attached hydrogens (tertiary/aromatic N) is 1. The number of benzene rings is 3. The molecule has 1 N–H and O–H groups in total. The van der Waals surface area contributed by atoms with Gasteiger partial charge in [-0.3, -0.25) is 4.79 Å². The van der Waals surface area contributed by atoms with Crippen LogP contribution in [0.25, 0.3) is 33.2 Å². The maximum atomic E-state index is 13.4. The highest BCUT2D eigenvalue weighted by Crippen LogP contribution is 2.37. The fraction of sp³-hybridized carbons (Fsp3) is 0.0909. The van der Waals surface area contributed by atoms with Crippen molar-refractivity contribution in [3.8, 4) is 28.1 Å². The number of aryl methyl sites for hydroxylation is 1. The van der Waals surface area contributed by atoms with Crippen LogP contribution in [0.5, 0.6) is 5.75 Å². The molecular weight excluding hydrogens is 400 g/mol. The number of aromatic nitrogens is 2. The minimum Gasteiger partial charge on any atom is -0.406 e. The molecule has 4 nitrogen and oxygen atoms in total. The number of ether oxygens (including phenoxy) is 1. The molecule has 0 aliphatic heterocycles. The summed E-state index contributed by atoms with van der Waals surface area (Å²) in [6.45, 7) is 1.84. The minimum atomic E-state index is -4.86. The lowest BCUT2D eigenvalue weighted by atomic mass is 9.94. The molecule has 0 spiro atoms. The molecule has 0 unspecified atom stereocenters. The van der Waals surface area contributed by atoms with Gasteiger partial charge in [-0.2, -0.15) is 5.10 Å². The van der Waals surface area contributed by atoms with E-state index in [1.807, 2.05) is 13.0 Å². The summed E-state index contributed by atoms with van der Waals surface area (Å²) in [5, 5.41) is 7.51. The molecule has 0 radical (unpaired) electrons. The fourth-order valence-corrected chi connectivity index (χ4v) is 3.28. The van der Waals surface area contributed by atoms with Crippen molar-refractivity contribution in [2.75, 3.05) is 0 Å². The first-order chi connectivity index (χ1) is 14.2. The molecule has 0 aliphatic carbocycles. The molecule has 152 valence electrons. The summed E-state index contributed by atoms with van der Waals surface area (Å²) in [5.74, 6) is -0.902. The molecule has 1 aromatic heterocycles. The first-order valence-electron chi connectivity index (χ1n) is 8.86. The van der Waals surface area contributed by atoms with Gasteiger partial charge in [0, 0.05) is 10.9 Å². The second-order valence-corrected chi connectivity index (χ2v) is 6.71. The van der Waals surface area contributed by atoms with Gasteiger partial charge < -0.3 is 4.74 Å². The van der Waals surface area contributed by atoms with Gasteiger partial charge in [-0.15, -0.1) is 13.2 Å². The normalized spacial score (nSPS) is 11.6. The molecule has 0 bridgehead atoms. The first kappa shape index (κ1) is 19.6. The van der Waals surface area contributed by atoms with E-state index in [0.717, 1.165) is 5.56 Å². The van der Waals surface area contributed by atoms with Gasteiger partial charge in [0.25, 0.3) is 5.56 Å². The van der Waals surface area contributed by atoms with Gasteiger partial charge in [-0.05, 0) is 54.4 Å². The van der Waals surface area contributed by atoms with Crippen molar-refractivity contribution in [2.24, 2.45) is 0 Å². The minimum absolute atomic E-state index is 0.346. The Labute approximate surface area is 167 Å². The van der Waals surface area contributed by atoms with Gasteiger partial charge >= 0.3 is 6.36 Å². The summed E-state index contributed by atoms with van der Waals surface area (Å²) in [4.78, 5) is 12.2. The lowest BCUT2D eigenvalue weighted by Gasteiger charge is -2.15. The molecule has 0 amide bonds. The van der Waals surface area contributed by atoms with Crippen LogP contribution in [0.4, 0.5) is 17.6 Å². The summed E-state index contributed by atoms with van der Waals surface area (Å²) in [5.41, 5.74) is 2.14. The predicted molar refractivity (Wildman–Crippen MR) is 105 cm³/mol. The number of aromatic amines is 1. The van der Waals surface area contributed by atoms with Gasteiger partial charge in [-0.1, -0.05) is 29.8 Å². The Bertz CT molecular complexity index is 1300. The average Bonchev–Trinajstić information content (AvgIpc) is 2.68. The number of hydrogen-bond donors (Lipinski definition) is 1. The molecule has 3 aromatic carbocycles. The monoisotopic (exact) mass is 414 g/mol. The van der Waals surface area contributed by atoms with Crippen molar-refractivity contribution in [3.05, 3.63) is 82.4 Å². The topological polar surface area (TPSA) is 55.0 Å². The highest BCUT2D eigenvalue weighted by atomic mass is 19.4. The molecule has 8 heteroatoms. The number of nitrogens with one attached hydrogen (secondary N) is 1. The van der Waals surface area contributed by atoms with Gasteiger partial charge in [-0.25, -0.2) is 9.49 Å². The largest absolute Gasteiger partial charge is 0.573 e. The highest BCUT2D eigenvalue weighted by Gasteiger charge is 2.31. The third kappa shape index (κ3) is 3.89. The zero-order chi connectivity index (χ0) is 21.5. The molecule has 0 saturated carbocycles. The van der Waals surface area contributed by atoms with Crippen LogP contribution < -0.4 is 10.3 Å². The van der Waals surface area contributed by atoms with E-state index >= 15 is 0 Å². The second kappa shape index (κ2) is 7.29. The van der Waals surface area contributed by atoms with Gasteiger partial charge in [0.05, 0.1) is 11.1 Å². The maximum Gasteiger partial charge on any atom is 0.573 e. The molecular formula is C22H14F4N2O2. The number of alkyl halides is 3. The van der Waals surface area contributed by atoms with Crippen molar-refractivity contribution < 1.29 is 22.3 Å². The molecule has 0 atom stereocenters. The zero-order valence-electron chi connectivity index (χ0n) is 15.5. The third-order valence-corrected chi connectivity index (χ3v) is 4.58. The Balaban J connectivity index is 1.98. The van der Waals surface area contributed by atoms with Crippen LogP contribution in [0, 0.1) is 12.7 Å². The number of fused-ring (bicyclic) bond motifs is 1. The van der Waals surface area contributed by atoms with Crippen LogP contribution in [0.1, 0.15) is 5.56 Å². The molecule has 4 aromatic rings. The van der Waals surface area contributed by atoms with Crippen LogP contribution in [-0.4, -0.2) is 16.6 Å². The standard InChI is InChI=1S/C22H14F4N2O2/c1-12-2-8-17-19(10-12)21(29)28-27-20(17)16-9-7-15(30-22(24,25)26)11-18(16)13-3-5-14(23)6-4-13/h2-11H,1H3,(H,28,29). The molecule has 30 heavy (non-hydrogen) atoms. The Morgan fingerprint density at radius 1 is 0.900 bits per heavy atom. The summed E-state index contributed by atoms with van der Waals surface area (Å²) in [6.07, 6.45) is -4.86. The average molecular weight is 414 g/mol. The predicted octanol–water partition coefficient (Wildman–Crippen LogP) is 5.60. The van der Waals surface area contributed by atoms with Crippen LogP contribution in [0.15, 0.2) is 65.5 Å². The number of rotatable bonds is 3.